The van der Waals surface area contributed by atoms with Gasteiger partial charge in [0.2, 0.25) is 11.8 Å². The van der Waals surface area contributed by atoms with Gasteiger partial charge >= 0.3 is 0 Å². The summed E-state index contributed by atoms with van der Waals surface area (Å²) in [5, 5.41) is 56.3. The molecule has 0 fully saturated rings. The predicted molar refractivity (Wildman–Crippen MR) is 228 cm³/mol. The van der Waals surface area contributed by atoms with Gasteiger partial charge in [-0.15, -0.1) is 0 Å². The standard InChI is InChI=1S/C44H52N6O12/c1-25(2)35(41(53)45-5)47-43(55)39(61-23-27-13-17-29(18-14-27)31-9-7-11-33(21-31)49(57)58)37(51)38(52)40(44(56)48-36(26(3)4)42(54)46-6)62-24-28-15-19-30(20-16-28)32-10-8-12-34(22-32)50(59)60/h7-22,25-26,35-40,51-52H,23-24H2,1-6H3,(H,45,53)(H,46,54)(H,47,55)(H,48,56)/t35-,36-,37+,38+,39+,40+/m0/s1. The Hall–Kier alpha value is -6.60. The fourth-order valence-electron chi connectivity index (χ4n) is 6.43. The van der Waals surface area contributed by atoms with E-state index in [1.807, 2.05) is 0 Å². The Morgan fingerprint density at radius 3 is 1.18 bits per heavy atom. The Morgan fingerprint density at radius 2 is 0.887 bits per heavy atom. The lowest BCUT2D eigenvalue weighted by molar-refractivity contribution is -0.385. The highest BCUT2D eigenvalue weighted by Gasteiger charge is 2.43. The highest BCUT2D eigenvalue weighted by molar-refractivity contribution is 5.91. The van der Waals surface area contributed by atoms with E-state index < -0.39 is 81.8 Å². The molecule has 0 saturated heterocycles. The van der Waals surface area contributed by atoms with Gasteiger partial charge < -0.3 is 41.0 Å². The van der Waals surface area contributed by atoms with Crippen LogP contribution in [0.1, 0.15) is 38.8 Å². The number of hydrogen-bond acceptors (Lipinski definition) is 12. The molecule has 0 spiro atoms. The van der Waals surface area contributed by atoms with Crippen molar-refractivity contribution in [2.45, 2.75) is 77.4 Å². The number of nitro benzene ring substituents is 2. The van der Waals surface area contributed by atoms with Gasteiger partial charge in [-0.25, -0.2) is 0 Å². The molecule has 6 atom stereocenters. The van der Waals surface area contributed by atoms with Gasteiger partial charge in [0.15, 0.2) is 12.2 Å². The van der Waals surface area contributed by atoms with Crippen LogP contribution in [0.4, 0.5) is 11.4 Å². The number of nitrogens with zero attached hydrogens (tertiary/aromatic N) is 2. The van der Waals surface area contributed by atoms with Crippen molar-refractivity contribution in [1.82, 2.24) is 21.3 Å². The summed E-state index contributed by atoms with van der Waals surface area (Å²) in [6, 6.07) is 23.2. The SMILES string of the molecule is CNC(=O)[C@@H](NC(=O)[C@H](OCc1ccc(-c2cccc([N+](=O)[O-])c2)cc1)[C@H](O)[C@@H](O)[C@@H](OCc1ccc(-c2cccc([N+](=O)[O-])c2)cc1)C(=O)N[C@H](C(=O)NC)C(C)C)C(C)C. The van der Waals surface area contributed by atoms with E-state index in [0.717, 1.165) is 0 Å². The van der Waals surface area contributed by atoms with E-state index in [4.69, 9.17) is 9.47 Å². The molecule has 0 bridgehead atoms. The first-order valence-corrected chi connectivity index (χ1v) is 19.8. The van der Waals surface area contributed by atoms with Gasteiger partial charge in [0.1, 0.15) is 24.3 Å². The maximum absolute atomic E-state index is 14.0. The van der Waals surface area contributed by atoms with E-state index >= 15 is 0 Å². The maximum Gasteiger partial charge on any atom is 0.270 e. The smallest absolute Gasteiger partial charge is 0.270 e. The minimum absolute atomic E-state index is 0.0897. The molecule has 0 aliphatic rings. The summed E-state index contributed by atoms with van der Waals surface area (Å²) in [6.07, 6.45) is -8.14. The summed E-state index contributed by atoms with van der Waals surface area (Å²) in [6.45, 7) is 6.12. The average Bonchev–Trinajstić information content (AvgIpc) is 3.27. The number of carbonyl (C=O) groups is 4. The number of hydrogen-bond donors (Lipinski definition) is 6. The molecule has 4 amide bonds. The molecule has 18 nitrogen and oxygen atoms in total. The van der Waals surface area contributed by atoms with E-state index in [0.29, 0.717) is 33.4 Å². The summed E-state index contributed by atoms with van der Waals surface area (Å²) in [4.78, 5) is 75.1. The molecule has 18 heteroatoms. The first-order chi connectivity index (χ1) is 29.4. The van der Waals surface area contributed by atoms with E-state index in [2.05, 4.69) is 21.3 Å². The molecule has 4 aromatic rings. The second-order valence-corrected chi connectivity index (χ2v) is 15.1. The number of amides is 4. The van der Waals surface area contributed by atoms with Crippen molar-refractivity contribution in [2.24, 2.45) is 11.8 Å². The number of aliphatic hydroxyl groups excluding tert-OH is 2. The molecule has 0 aliphatic heterocycles. The number of ether oxygens (including phenoxy) is 2. The van der Waals surface area contributed by atoms with Crippen molar-refractivity contribution in [3.63, 3.8) is 0 Å². The Kier molecular flexibility index (Phi) is 17.3. The van der Waals surface area contributed by atoms with Gasteiger partial charge in [0.05, 0.1) is 23.1 Å². The van der Waals surface area contributed by atoms with Crippen molar-refractivity contribution < 1.29 is 48.7 Å². The third-order valence-corrected chi connectivity index (χ3v) is 10.0. The lowest BCUT2D eigenvalue weighted by Crippen LogP contribution is -2.60. The zero-order chi connectivity index (χ0) is 45.7. The van der Waals surface area contributed by atoms with Crippen LogP contribution in [0.15, 0.2) is 97.1 Å². The third kappa shape index (κ3) is 12.7. The van der Waals surface area contributed by atoms with Crippen LogP contribution in [0.5, 0.6) is 0 Å². The topological polar surface area (TPSA) is 262 Å². The lowest BCUT2D eigenvalue weighted by atomic mass is 9.98. The average molecular weight is 857 g/mol. The number of rotatable bonds is 21. The van der Waals surface area contributed by atoms with Crippen LogP contribution in [0, 0.1) is 32.1 Å². The summed E-state index contributed by atoms with van der Waals surface area (Å²) >= 11 is 0. The lowest BCUT2D eigenvalue weighted by Gasteiger charge is -2.32. The molecule has 0 saturated carbocycles. The first kappa shape index (κ1) is 48.1. The summed E-state index contributed by atoms with van der Waals surface area (Å²) in [5.74, 6) is -3.91. The number of nitrogens with one attached hydrogen (secondary N) is 4. The molecule has 330 valence electrons. The Labute approximate surface area is 358 Å². The highest BCUT2D eigenvalue weighted by atomic mass is 16.6. The molecular formula is C44H52N6O12. The molecule has 0 unspecified atom stereocenters. The molecule has 0 heterocycles. The van der Waals surface area contributed by atoms with Crippen molar-refractivity contribution >= 4 is 35.0 Å². The van der Waals surface area contributed by atoms with Crippen LogP contribution in [-0.4, -0.2) is 94.3 Å². The molecule has 0 aromatic heterocycles. The van der Waals surface area contributed by atoms with E-state index in [1.165, 1.54) is 38.4 Å². The fraction of sp³-hybridized carbons (Fsp3) is 0.364. The van der Waals surface area contributed by atoms with Gasteiger partial charge in [0.25, 0.3) is 23.2 Å². The fourth-order valence-corrected chi connectivity index (χ4v) is 6.43. The number of carbonyl (C=O) groups excluding carboxylic acids is 4. The van der Waals surface area contributed by atoms with Gasteiger partial charge in [-0.05, 0) is 45.2 Å². The minimum Gasteiger partial charge on any atom is -0.387 e. The quantitative estimate of drug-likeness (QED) is 0.0517. The van der Waals surface area contributed by atoms with E-state index in [-0.39, 0.29) is 24.6 Å². The Balaban J connectivity index is 1.65. The van der Waals surface area contributed by atoms with Crippen LogP contribution in [0.3, 0.4) is 0 Å². The molecule has 0 radical (unpaired) electrons. The van der Waals surface area contributed by atoms with Crippen LogP contribution < -0.4 is 21.3 Å². The predicted octanol–water partition coefficient (Wildman–Crippen LogP) is 3.80. The first-order valence-electron chi connectivity index (χ1n) is 19.8. The van der Waals surface area contributed by atoms with E-state index in [1.54, 1.807) is 100 Å². The summed E-state index contributed by atoms with van der Waals surface area (Å²) < 4.78 is 11.9. The van der Waals surface area contributed by atoms with Crippen LogP contribution in [0.2, 0.25) is 0 Å². The van der Waals surface area contributed by atoms with Crippen molar-refractivity contribution in [3.05, 3.63) is 128 Å². The van der Waals surface area contributed by atoms with Crippen molar-refractivity contribution in [2.75, 3.05) is 14.1 Å². The minimum atomic E-state index is -2.17. The van der Waals surface area contributed by atoms with Crippen LogP contribution in [-0.2, 0) is 41.9 Å². The van der Waals surface area contributed by atoms with Gasteiger partial charge in [0, 0.05) is 38.4 Å². The van der Waals surface area contributed by atoms with Crippen molar-refractivity contribution in [3.8, 4) is 22.3 Å². The highest BCUT2D eigenvalue weighted by Crippen LogP contribution is 2.27. The number of aliphatic hydroxyl groups is 2. The second-order valence-electron chi connectivity index (χ2n) is 15.1. The zero-order valence-corrected chi connectivity index (χ0v) is 35.1. The Bertz CT molecular complexity index is 2040. The molecule has 62 heavy (non-hydrogen) atoms. The van der Waals surface area contributed by atoms with Gasteiger partial charge in [-0.2, -0.15) is 0 Å². The monoisotopic (exact) mass is 856 g/mol. The second kappa shape index (κ2) is 22.3. The van der Waals surface area contributed by atoms with Crippen LogP contribution in [0.25, 0.3) is 22.3 Å². The number of benzene rings is 4. The number of non-ortho nitro benzene ring substituents is 2. The molecule has 4 rings (SSSR count). The maximum atomic E-state index is 14.0. The Morgan fingerprint density at radius 1 is 0.548 bits per heavy atom. The molecule has 4 aromatic carbocycles. The molecule has 0 aliphatic carbocycles. The molecule has 6 N–H and O–H groups in total. The van der Waals surface area contributed by atoms with Crippen LogP contribution >= 0.6 is 0 Å². The third-order valence-electron chi connectivity index (χ3n) is 10.0. The largest absolute Gasteiger partial charge is 0.387 e. The molecular weight excluding hydrogens is 805 g/mol. The number of nitro groups is 2. The summed E-state index contributed by atoms with van der Waals surface area (Å²) in [7, 11) is 2.78. The number of likely N-dealkylation sites (N-methyl/N-ethyl adjacent to an activating group) is 2. The van der Waals surface area contributed by atoms with E-state index in [9.17, 15) is 49.6 Å². The van der Waals surface area contributed by atoms with Crippen molar-refractivity contribution in [1.29, 1.82) is 0 Å². The summed E-state index contributed by atoms with van der Waals surface area (Å²) in [5.41, 5.74) is 3.26. The van der Waals surface area contributed by atoms with Gasteiger partial charge in [-0.3, -0.25) is 39.4 Å². The van der Waals surface area contributed by atoms with Gasteiger partial charge in [-0.1, -0.05) is 100 Å². The normalized spacial score (nSPS) is 14.2. The zero-order valence-electron chi connectivity index (χ0n) is 35.1.